The lowest BCUT2D eigenvalue weighted by Crippen LogP contribution is -2.17. The predicted molar refractivity (Wildman–Crippen MR) is 92.5 cm³/mol. The van der Waals surface area contributed by atoms with Crippen molar-refractivity contribution in [2.75, 3.05) is 12.4 Å². The van der Waals surface area contributed by atoms with Gasteiger partial charge in [0.05, 0.1) is 26.3 Å². The van der Waals surface area contributed by atoms with Crippen LogP contribution in [0.15, 0.2) is 41.3 Å². The van der Waals surface area contributed by atoms with Crippen molar-refractivity contribution in [3.8, 4) is 0 Å². The van der Waals surface area contributed by atoms with Gasteiger partial charge in [-0.15, -0.1) is 11.3 Å². The summed E-state index contributed by atoms with van der Waals surface area (Å²) in [6, 6.07) is 9.51. The number of hydrogen-bond donors (Lipinski definition) is 0. The minimum atomic E-state index is -3.56. The van der Waals surface area contributed by atoms with E-state index in [4.69, 9.17) is 16.3 Å². The fourth-order valence-corrected chi connectivity index (χ4v) is 4.02. The van der Waals surface area contributed by atoms with Gasteiger partial charge in [0.25, 0.3) is 0 Å². The summed E-state index contributed by atoms with van der Waals surface area (Å²) in [4.78, 5) is 24.0. The van der Waals surface area contributed by atoms with E-state index in [0.29, 0.717) is 9.21 Å². The number of rotatable bonds is 7. The van der Waals surface area contributed by atoms with Gasteiger partial charge in [-0.05, 0) is 31.2 Å². The number of sulfone groups is 1. The van der Waals surface area contributed by atoms with E-state index in [-0.39, 0.29) is 22.9 Å². The number of benzene rings is 1. The highest BCUT2D eigenvalue weighted by molar-refractivity contribution is 7.91. The first-order chi connectivity index (χ1) is 11.3. The van der Waals surface area contributed by atoms with Gasteiger partial charge in [0.2, 0.25) is 5.78 Å². The van der Waals surface area contributed by atoms with E-state index in [2.05, 4.69) is 0 Å². The van der Waals surface area contributed by atoms with Crippen LogP contribution in [0, 0.1) is 6.92 Å². The van der Waals surface area contributed by atoms with E-state index in [0.717, 1.165) is 16.9 Å². The van der Waals surface area contributed by atoms with Gasteiger partial charge in [-0.2, -0.15) is 0 Å². The molecule has 0 N–H and O–H groups in total. The Hall–Kier alpha value is -1.70. The molecule has 0 unspecified atom stereocenters. The molecule has 2 rings (SSSR count). The first kappa shape index (κ1) is 18.6. The number of thiophene rings is 1. The minimum absolute atomic E-state index is 0.158. The Balaban J connectivity index is 1.84. The number of halogens is 1. The molecule has 0 radical (unpaired) electrons. The molecule has 0 spiro atoms. The van der Waals surface area contributed by atoms with Crippen molar-refractivity contribution < 1.29 is 22.7 Å². The van der Waals surface area contributed by atoms with Crippen LogP contribution in [0.3, 0.4) is 0 Å². The SMILES string of the molecule is Cc1ccc(S(=O)(=O)CCC(=O)OCC(=O)c2ccc(Cl)s2)cc1. The molecule has 0 aliphatic carbocycles. The predicted octanol–water partition coefficient (Wildman–Crippen LogP) is 3.30. The van der Waals surface area contributed by atoms with Crippen LogP contribution >= 0.6 is 22.9 Å². The maximum absolute atomic E-state index is 12.1. The van der Waals surface area contributed by atoms with Gasteiger partial charge in [-0.25, -0.2) is 8.42 Å². The summed E-state index contributed by atoms with van der Waals surface area (Å²) in [5.74, 6) is -1.48. The Labute approximate surface area is 149 Å². The molecular weight excluding hydrogens is 372 g/mol. The Morgan fingerprint density at radius 2 is 1.79 bits per heavy atom. The number of aryl methyl sites for hydroxylation is 1. The van der Waals surface area contributed by atoms with Crippen LogP contribution in [-0.4, -0.2) is 32.5 Å². The third kappa shape index (κ3) is 5.15. The number of hydrogen-bond acceptors (Lipinski definition) is 6. The summed E-state index contributed by atoms with van der Waals surface area (Å²) >= 11 is 6.82. The van der Waals surface area contributed by atoms with Gasteiger partial charge in [0.15, 0.2) is 16.4 Å². The first-order valence-corrected chi connectivity index (χ1v) is 9.86. The number of carbonyl (C=O) groups is 2. The van der Waals surface area contributed by atoms with Crippen molar-refractivity contribution in [3.63, 3.8) is 0 Å². The molecule has 2 aromatic rings. The molecule has 0 saturated heterocycles. The van der Waals surface area contributed by atoms with Crippen LogP contribution in [0.5, 0.6) is 0 Å². The molecule has 24 heavy (non-hydrogen) atoms. The van der Waals surface area contributed by atoms with Crippen molar-refractivity contribution in [1.82, 2.24) is 0 Å². The van der Waals surface area contributed by atoms with Crippen molar-refractivity contribution in [1.29, 1.82) is 0 Å². The number of esters is 1. The lowest BCUT2D eigenvalue weighted by molar-refractivity contribution is -0.142. The molecule has 1 aromatic carbocycles. The highest BCUT2D eigenvalue weighted by Gasteiger charge is 2.18. The summed E-state index contributed by atoms with van der Waals surface area (Å²) in [5, 5.41) is 0. The van der Waals surface area contributed by atoms with Gasteiger partial charge < -0.3 is 4.74 Å². The van der Waals surface area contributed by atoms with Crippen LogP contribution in [0.4, 0.5) is 0 Å². The largest absolute Gasteiger partial charge is 0.457 e. The van der Waals surface area contributed by atoms with Crippen molar-refractivity contribution in [2.45, 2.75) is 18.2 Å². The van der Waals surface area contributed by atoms with Crippen LogP contribution in [0.2, 0.25) is 4.34 Å². The van der Waals surface area contributed by atoms with Gasteiger partial charge in [0.1, 0.15) is 0 Å². The standard InChI is InChI=1S/C16H15ClO5S2/c1-11-2-4-12(5-3-11)24(20,21)9-8-16(19)22-10-13(18)14-6-7-15(17)23-14/h2-7H,8-10H2,1H3. The Morgan fingerprint density at radius 3 is 2.38 bits per heavy atom. The number of carbonyl (C=O) groups excluding carboxylic acids is 2. The van der Waals surface area contributed by atoms with Crippen LogP contribution in [0.25, 0.3) is 0 Å². The molecule has 128 valence electrons. The van der Waals surface area contributed by atoms with Crippen molar-refractivity contribution in [3.05, 3.63) is 51.2 Å². The third-order valence-corrected chi connectivity index (χ3v) is 6.17. The second-order valence-corrected chi connectivity index (χ2v) is 8.89. The summed E-state index contributed by atoms with van der Waals surface area (Å²) < 4.78 is 29.5. The molecule has 0 aliphatic rings. The zero-order valence-corrected chi connectivity index (χ0v) is 15.2. The average Bonchev–Trinajstić information content (AvgIpc) is 2.98. The lowest BCUT2D eigenvalue weighted by Gasteiger charge is -2.05. The lowest BCUT2D eigenvalue weighted by atomic mass is 10.2. The van der Waals surface area contributed by atoms with Gasteiger partial charge in [-0.3, -0.25) is 9.59 Å². The number of ketones is 1. The smallest absolute Gasteiger partial charge is 0.307 e. The molecule has 5 nitrogen and oxygen atoms in total. The van der Waals surface area contributed by atoms with Gasteiger partial charge in [0, 0.05) is 0 Å². The summed E-state index contributed by atoms with van der Waals surface area (Å²) in [5.41, 5.74) is 0.945. The maximum Gasteiger partial charge on any atom is 0.307 e. The Morgan fingerprint density at radius 1 is 1.12 bits per heavy atom. The van der Waals surface area contributed by atoms with E-state index in [1.807, 2.05) is 6.92 Å². The molecule has 0 saturated carbocycles. The number of ether oxygens (including phenoxy) is 1. The fourth-order valence-electron chi connectivity index (χ4n) is 1.83. The van der Waals surface area contributed by atoms with Crippen LogP contribution in [0.1, 0.15) is 21.7 Å². The second kappa shape index (κ2) is 7.92. The van der Waals surface area contributed by atoms with Gasteiger partial charge in [-0.1, -0.05) is 29.3 Å². The van der Waals surface area contributed by atoms with E-state index in [1.165, 1.54) is 12.1 Å². The van der Waals surface area contributed by atoms with E-state index in [9.17, 15) is 18.0 Å². The minimum Gasteiger partial charge on any atom is -0.457 e. The summed E-state index contributed by atoms with van der Waals surface area (Å²) in [7, 11) is -3.56. The average molecular weight is 387 g/mol. The van der Waals surface area contributed by atoms with E-state index in [1.54, 1.807) is 24.3 Å². The molecule has 1 heterocycles. The molecule has 1 aromatic heterocycles. The zero-order valence-electron chi connectivity index (χ0n) is 12.8. The van der Waals surface area contributed by atoms with E-state index >= 15 is 0 Å². The molecular formula is C16H15ClO5S2. The Bertz CT molecular complexity index is 838. The van der Waals surface area contributed by atoms with Crippen molar-refractivity contribution >= 4 is 44.5 Å². The normalized spacial score (nSPS) is 11.2. The molecule has 0 atom stereocenters. The summed E-state index contributed by atoms with van der Waals surface area (Å²) in [6.07, 6.45) is -0.311. The van der Waals surface area contributed by atoms with Crippen LogP contribution in [-0.2, 0) is 19.4 Å². The molecule has 0 bridgehead atoms. The maximum atomic E-state index is 12.1. The quantitative estimate of drug-likeness (QED) is 0.539. The van der Waals surface area contributed by atoms with Crippen molar-refractivity contribution in [2.24, 2.45) is 0 Å². The first-order valence-electron chi connectivity index (χ1n) is 7.01. The fraction of sp³-hybridized carbons (Fsp3) is 0.250. The van der Waals surface area contributed by atoms with Crippen LogP contribution < -0.4 is 0 Å². The molecule has 0 amide bonds. The third-order valence-electron chi connectivity index (χ3n) is 3.17. The monoisotopic (exact) mass is 386 g/mol. The highest BCUT2D eigenvalue weighted by Crippen LogP contribution is 2.21. The second-order valence-electron chi connectivity index (χ2n) is 5.07. The Kier molecular flexibility index (Phi) is 6.15. The summed E-state index contributed by atoms with van der Waals surface area (Å²) in [6.45, 7) is 1.42. The highest BCUT2D eigenvalue weighted by atomic mass is 35.5. The number of Topliss-reactive ketones (excluding diaryl/α,β-unsaturated/α-hetero) is 1. The topological polar surface area (TPSA) is 77.5 Å². The van der Waals surface area contributed by atoms with E-state index < -0.39 is 22.4 Å². The van der Waals surface area contributed by atoms with Gasteiger partial charge >= 0.3 is 5.97 Å². The molecule has 0 fully saturated rings. The zero-order chi connectivity index (χ0) is 17.7. The molecule has 8 heteroatoms. The molecule has 0 aliphatic heterocycles.